The highest BCUT2D eigenvalue weighted by atomic mass is 79.9. The van der Waals surface area contributed by atoms with Gasteiger partial charge in [-0.1, -0.05) is 35.4 Å². The monoisotopic (exact) mass is 580 g/mol. The van der Waals surface area contributed by atoms with Crippen molar-refractivity contribution >= 4 is 62.2 Å². The lowest BCUT2D eigenvalue weighted by molar-refractivity contribution is -0.139. The minimum atomic E-state index is -1.09. The van der Waals surface area contributed by atoms with E-state index in [9.17, 15) is 9.59 Å². The Hall–Kier alpha value is -3.56. The Bertz CT molecular complexity index is 1380. The van der Waals surface area contributed by atoms with Gasteiger partial charge in [-0.15, -0.1) is 0 Å². The van der Waals surface area contributed by atoms with Crippen molar-refractivity contribution < 1.29 is 24.2 Å². The van der Waals surface area contributed by atoms with Crippen LogP contribution in [0.1, 0.15) is 23.6 Å². The lowest BCUT2D eigenvalue weighted by atomic mass is 10.1. The number of rotatable bonds is 8. The quantitative estimate of drug-likeness (QED) is 0.297. The van der Waals surface area contributed by atoms with Gasteiger partial charge in [0.1, 0.15) is 0 Å². The van der Waals surface area contributed by atoms with Crippen LogP contribution in [0.3, 0.4) is 0 Å². The summed E-state index contributed by atoms with van der Waals surface area (Å²) in [5, 5.41) is 9.54. The van der Waals surface area contributed by atoms with Gasteiger partial charge in [-0.05, 0) is 96.5 Å². The van der Waals surface area contributed by atoms with E-state index in [2.05, 4.69) is 15.9 Å². The number of halogens is 1. The maximum absolute atomic E-state index is 13.6. The summed E-state index contributed by atoms with van der Waals surface area (Å²) in [6.07, 6.45) is 1.76. The first kappa shape index (κ1) is 26.5. The summed E-state index contributed by atoms with van der Waals surface area (Å²) in [6.45, 7) is 5.69. The van der Waals surface area contributed by atoms with Crippen LogP contribution in [0.25, 0.3) is 6.08 Å². The molecule has 1 N–H and O–H groups in total. The standard InChI is InChI=1S/C28H25BrN2O5S/c1-4-35-23-14-19(13-22(29)26(23)36-16-25(32)33)15-24-27(34)31(21-11-7-18(3)8-12-21)28(37-24)30-20-9-5-17(2)6-10-20/h5-15H,4,16H2,1-3H3,(H,32,33)/b24-15+,30-28?. The zero-order chi connectivity index (χ0) is 26.5. The highest BCUT2D eigenvalue weighted by Gasteiger charge is 2.35. The zero-order valence-corrected chi connectivity index (χ0v) is 22.9. The molecule has 0 saturated carbocycles. The molecule has 0 radical (unpaired) electrons. The molecule has 9 heteroatoms. The summed E-state index contributed by atoms with van der Waals surface area (Å²) >= 11 is 4.73. The smallest absolute Gasteiger partial charge is 0.341 e. The molecule has 1 fully saturated rings. The highest BCUT2D eigenvalue weighted by Crippen LogP contribution is 2.41. The molecular formula is C28H25BrN2O5S. The van der Waals surface area contributed by atoms with Crippen LogP contribution in [0.2, 0.25) is 0 Å². The summed E-state index contributed by atoms with van der Waals surface area (Å²) < 4.78 is 11.6. The molecule has 7 nitrogen and oxygen atoms in total. The molecule has 3 aromatic rings. The van der Waals surface area contributed by atoms with Gasteiger partial charge < -0.3 is 14.6 Å². The third kappa shape index (κ3) is 6.42. The Morgan fingerprint density at radius 1 is 1.05 bits per heavy atom. The van der Waals surface area contributed by atoms with Crippen LogP contribution >= 0.6 is 27.7 Å². The molecule has 37 heavy (non-hydrogen) atoms. The molecule has 1 heterocycles. The SMILES string of the molecule is CCOc1cc(/C=C2/SC(=Nc3ccc(C)cc3)N(c3ccc(C)cc3)C2=O)cc(Br)c1OCC(=O)O. The van der Waals surface area contributed by atoms with E-state index in [1.54, 1.807) is 23.1 Å². The van der Waals surface area contributed by atoms with Crippen molar-refractivity contribution in [2.45, 2.75) is 20.8 Å². The van der Waals surface area contributed by atoms with Crippen LogP contribution in [0.4, 0.5) is 11.4 Å². The van der Waals surface area contributed by atoms with Crippen molar-refractivity contribution in [3.8, 4) is 11.5 Å². The van der Waals surface area contributed by atoms with E-state index in [1.165, 1.54) is 11.8 Å². The predicted molar refractivity (Wildman–Crippen MR) is 151 cm³/mol. The first-order valence-corrected chi connectivity index (χ1v) is 13.1. The number of nitrogens with zero attached hydrogens (tertiary/aromatic N) is 2. The topological polar surface area (TPSA) is 88.4 Å². The number of aryl methyl sites for hydroxylation is 2. The van der Waals surface area contributed by atoms with E-state index in [0.717, 1.165) is 22.5 Å². The molecule has 3 aromatic carbocycles. The van der Waals surface area contributed by atoms with Gasteiger partial charge in [-0.3, -0.25) is 9.69 Å². The Balaban J connectivity index is 1.74. The fourth-order valence-electron chi connectivity index (χ4n) is 3.56. The molecule has 4 rings (SSSR count). The molecule has 190 valence electrons. The number of carbonyl (C=O) groups is 2. The molecule has 0 atom stereocenters. The van der Waals surface area contributed by atoms with E-state index in [4.69, 9.17) is 19.6 Å². The van der Waals surface area contributed by atoms with E-state index in [-0.39, 0.29) is 5.91 Å². The number of ether oxygens (including phenoxy) is 2. The van der Waals surface area contributed by atoms with E-state index >= 15 is 0 Å². The molecule has 0 unspecified atom stereocenters. The number of carboxylic acid groups (broad SMARTS) is 1. The van der Waals surface area contributed by atoms with Crippen molar-refractivity contribution in [2.75, 3.05) is 18.1 Å². The van der Waals surface area contributed by atoms with Crippen LogP contribution in [0.5, 0.6) is 11.5 Å². The molecule has 1 aliphatic rings. The lowest BCUT2D eigenvalue weighted by Gasteiger charge is -2.16. The number of hydrogen-bond donors (Lipinski definition) is 1. The second-order valence-electron chi connectivity index (χ2n) is 8.26. The first-order chi connectivity index (χ1) is 17.7. The van der Waals surface area contributed by atoms with Gasteiger partial charge in [0.2, 0.25) is 0 Å². The summed E-state index contributed by atoms with van der Waals surface area (Å²) in [7, 11) is 0. The number of amidine groups is 1. The molecule has 1 saturated heterocycles. The number of carbonyl (C=O) groups excluding carboxylic acids is 1. The van der Waals surface area contributed by atoms with Gasteiger partial charge in [0.05, 0.1) is 27.4 Å². The number of amides is 1. The normalized spacial score (nSPS) is 15.5. The van der Waals surface area contributed by atoms with Crippen molar-refractivity contribution in [3.05, 3.63) is 86.7 Å². The minimum absolute atomic E-state index is 0.194. The van der Waals surface area contributed by atoms with Crippen LogP contribution in [0, 0.1) is 13.8 Å². The Morgan fingerprint density at radius 3 is 2.32 bits per heavy atom. The fourth-order valence-corrected chi connectivity index (χ4v) is 5.13. The van der Waals surface area contributed by atoms with Crippen molar-refractivity contribution in [1.82, 2.24) is 0 Å². The molecule has 1 aliphatic heterocycles. The predicted octanol–water partition coefficient (Wildman–Crippen LogP) is 6.74. The van der Waals surface area contributed by atoms with Gasteiger partial charge in [0.25, 0.3) is 5.91 Å². The summed E-state index contributed by atoms with van der Waals surface area (Å²) in [5.41, 5.74) is 4.39. The van der Waals surface area contributed by atoms with Gasteiger partial charge in [-0.2, -0.15) is 0 Å². The third-order valence-corrected chi connectivity index (χ3v) is 6.88. The number of anilines is 1. The number of carboxylic acids is 1. The molecule has 0 aliphatic carbocycles. The van der Waals surface area contributed by atoms with E-state index in [0.29, 0.717) is 38.2 Å². The highest BCUT2D eigenvalue weighted by molar-refractivity contribution is 9.10. The van der Waals surface area contributed by atoms with Crippen molar-refractivity contribution in [2.24, 2.45) is 4.99 Å². The Labute approximate surface area is 227 Å². The van der Waals surface area contributed by atoms with Gasteiger partial charge in [0, 0.05) is 0 Å². The van der Waals surface area contributed by atoms with Crippen molar-refractivity contribution in [1.29, 1.82) is 0 Å². The fraction of sp³-hybridized carbons (Fsp3) is 0.179. The number of aliphatic carboxylic acids is 1. The molecular weight excluding hydrogens is 556 g/mol. The summed E-state index contributed by atoms with van der Waals surface area (Å²) in [6, 6.07) is 19.0. The number of thioether (sulfide) groups is 1. The molecule has 0 aromatic heterocycles. The Morgan fingerprint density at radius 2 is 1.70 bits per heavy atom. The number of aliphatic imine (C=N–C) groups is 1. The van der Waals surface area contributed by atoms with Crippen LogP contribution in [-0.2, 0) is 9.59 Å². The average molecular weight is 581 g/mol. The van der Waals surface area contributed by atoms with E-state index in [1.807, 2.05) is 69.3 Å². The van der Waals surface area contributed by atoms with Gasteiger partial charge >= 0.3 is 5.97 Å². The van der Waals surface area contributed by atoms with Crippen LogP contribution in [-0.4, -0.2) is 35.4 Å². The van der Waals surface area contributed by atoms with Gasteiger partial charge in [-0.25, -0.2) is 9.79 Å². The average Bonchev–Trinajstić information content (AvgIpc) is 3.15. The first-order valence-electron chi connectivity index (χ1n) is 11.5. The number of hydrogen-bond acceptors (Lipinski definition) is 6. The second kappa shape index (κ2) is 11.7. The molecule has 1 amide bonds. The third-order valence-electron chi connectivity index (χ3n) is 5.33. The van der Waals surface area contributed by atoms with Crippen LogP contribution in [0.15, 0.2) is 75.0 Å². The largest absolute Gasteiger partial charge is 0.490 e. The zero-order valence-electron chi connectivity index (χ0n) is 20.5. The van der Waals surface area contributed by atoms with Crippen LogP contribution < -0.4 is 14.4 Å². The molecule has 0 bridgehead atoms. The van der Waals surface area contributed by atoms with E-state index < -0.39 is 12.6 Å². The maximum atomic E-state index is 13.6. The second-order valence-corrected chi connectivity index (χ2v) is 10.1. The van der Waals surface area contributed by atoms with Crippen molar-refractivity contribution in [3.63, 3.8) is 0 Å². The molecule has 0 spiro atoms. The van der Waals surface area contributed by atoms with Gasteiger partial charge in [0.15, 0.2) is 23.3 Å². The summed E-state index contributed by atoms with van der Waals surface area (Å²) in [5.74, 6) is -0.617. The number of benzene rings is 3. The maximum Gasteiger partial charge on any atom is 0.341 e. The lowest BCUT2D eigenvalue weighted by Crippen LogP contribution is -2.28. The minimum Gasteiger partial charge on any atom is -0.490 e. The summed E-state index contributed by atoms with van der Waals surface area (Å²) in [4.78, 5) is 31.5. The Kier molecular flexibility index (Phi) is 8.35.